The van der Waals surface area contributed by atoms with Crippen molar-refractivity contribution < 1.29 is 5.11 Å². The molecule has 7 nitrogen and oxygen atoms in total. The number of anilines is 3. The lowest BCUT2D eigenvalue weighted by atomic mass is 9.93. The fraction of sp³-hybridized carbons (Fsp3) is 0.346. The minimum Gasteiger partial charge on any atom is -0.393 e. The van der Waals surface area contributed by atoms with Gasteiger partial charge in [0.05, 0.1) is 16.3 Å². The molecule has 8 heteroatoms. The van der Waals surface area contributed by atoms with Crippen molar-refractivity contribution >= 4 is 38.3 Å². The second-order valence-corrected chi connectivity index (χ2v) is 10.2. The summed E-state index contributed by atoms with van der Waals surface area (Å²) < 4.78 is 1.12. The zero-order valence-corrected chi connectivity index (χ0v) is 20.3. The van der Waals surface area contributed by atoms with Crippen molar-refractivity contribution in [1.29, 1.82) is 0 Å². The number of pyridine rings is 2. The molecule has 1 aliphatic rings. The highest BCUT2D eigenvalue weighted by Crippen LogP contribution is 2.32. The third-order valence-electron chi connectivity index (χ3n) is 6.05. The normalized spacial score (nSPS) is 18.4. The molecule has 176 valence electrons. The number of fused-ring (bicyclic) bond motifs is 1. The highest BCUT2D eigenvalue weighted by molar-refractivity contribution is 7.22. The topological polar surface area (TPSA) is 86.2 Å². The molecule has 0 spiro atoms. The van der Waals surface area contributed by atoms with Crippen LogP contribution in [-0.2, 0) is 6.54 Å². The van der Waals surface area contributed by atoms with Gasteiger partial charge in [0.15, 0.2) is 5.13 Å². The van der Waals surface area contributed by atoms with Crippen molar-refractivity contribution in [2.24, 2.45) is 0 Å². The Morgan fingerprint density at radius 3 is 2.62 bits per heavy atom. The van der Waals surface area contributed by atoms with Crippen molar-refractivity contribution in [3.63, 3.8) is 0 Å². The highest BCUT2D eigenvalue weighted by Gasteiger charge is 2.19. The summed E-state index contributed by atoms with van der Waals surface area (Å²) in [4.78, 5) is 16.0. The van der Waals surface area contributed by atoms with Crippen LogP contribution in [0, 0.1) is 0 Å². The van der Waals surface area contributed by atoms with Crippen LogP contribution in [0.15, 0.2) is 54.9 Å². The lowest BCUT2D eigenvalue weighted by molar-refractivity contribution is 0.126. The molecular weight excluding hydrogens is 444 g/mol. The Kier molecular flexibility index (Phi) is 6.71. The number of thiazole rings is 1. The van der Waals surface area contributed by atoms with Crippen molar-refractivity contribution in [3.8, 4) is 11.1 Å². The predicted octanol–water partition coefficient (Wildman–Crippen LogP) is 5.27. The van der Waals surface area contributed by atoms with Crippen molar-refractivity contribution in [3.05, 3.63) is 60.4 Å². The van der Waals surface area contributed by atoms with Gasteiger partial charge in [-0.1, -0.05) is 23.5 Å². The van der Waals surface area contributed by atoms with E-state index in [1.54, 1.807) is 11.3 Å². The van der Waals surface area contributed by atoms with Gasteiger partial charge >= 0.3 is 0 Å². The molecule has 0 amide bonds. The second kappa shape index (κ2) is 10.0. The minimum absolute atomic E-state index is 0.156. The molecule has 3 aromatic heterocycles. The summed E-state index contributed by atoms with van der Waals surface area (Å²) in [7, 11) is 4.12. The van der Waals surface area contributed by atoms with Crippen LogP contribution in [0.3, 0.4) is 0 Å². The van der Waals surface area contributed by atoms with Crippen LogP contribution < -0.4 is 10.6 Å². The van der Waals surface area contributed by atoms with Crippen LogP contribution in [-0.4, -0.2) is 51.2 Å². The van der Waals surface area contributed by atoms with E-state index in [-0.39, 0.29) is 6.10 Å². The monoisotopic (exact) mass is 474 g/mol. The van der Waals surface area contributed by atoms with Gasteiger partial charge in [-0.05, 0) is 81.2 Å². The van der Waals surface area contributed by atoms with Crippen LogP contribution in [0.1, 0.15) is 31.2 Å². The fourth-order valence-electron chi connectivity index (χ4n) is 4.38. The average Bonchev–Trinajstić information content (AvgIpc) is 3.22. The van der Waals surface area contributed by atoms with E-state index in [1.165, 1.54) is 5.56 Å². The number of nitrogens with zero attached hydrogens (tertiary/aromatic N) is 4. The first-order valence-corrected chi connectivity index (χ1v) is 12.5. The highest BCUT2D eigenvalue weighted by atomic mass is 32.1. The third kappa shape index (κ3) is 5.52. The number of aliphatic hydroxyl groups is 1. The van der Waals surface area contributed by atoms with Gasteiger partial charge < -0.3 is 20.6 Å². The van der Waals surface area contributed by atoms with Gasteiger partial charge in [0.25, 0.3) is 0 Å². The number of aromatic nitrogens is 3. The minimum atomic E-state index is -0.156. The molecular formula is C26H30N6OS. The van der Waals surface area contributed by atoms with Crippen LogP contribution >= 0.6 is 11.3 Å². The number of nitrogens with one attached hydrogen (secondary N) is 2. The quantitative estimate of drug-likeness (QED) is 0.336. The van der Waals surface area contributed by atoms with Crippen molar-refractivity contribution in [2.45, 2.75) is 44.4 Å². The molecule has 5 rings (SSSR count). The standard InChI is InChI=1S/C26H30N6OS/c1-32(2)16-17-12-19(15-27-14-17)18-6-11-22-23(13-18)34-26(29-22)31-25-5-3-4-24(30-25)28-20-7-9-21(33)10-8-20/h3-6,11-15,20-21,33H,7-10,16H2,1-2H3,(H2,28,29,30,31)/t20-,21-. The Labute approximate surface area is 203 Å². The van der Waals surface area contributed by atoms with Gasteiger partial charge in [0, 0.05) is 30.5 Å². The number of benzene rings is 1. The van der Waals surface area contributed by atoms with Gasteiger partial charge in [-0.25, -0.2) is 9.97 Å². The van der Waals surface area contributed by atoms with Gasteiger partial charge in [0.1, 0.15) is 11.6 Å². The molecule has 0 atom stereocenters. The SMILES string of the molecule is CN(C)Cc1cncc(-c2ccc3nc(Nc4cccc(N[C@H]5CC[C@H](O)CC5)n4)sc3c2)c1. The fourth-order valence-corrected chi connectivity index (χ4v) is 5.29. The van der Waals surface area contributed by atoms with E-state index >= 15 is 0 Å². The van der Waals surface area contributed by atoms with E-state index in [0.29, 0.717) is 6.04 Å². The van der Waals surface area contributed by atoms with E-state index in [1.807, 2.05) is 30.6 Å². The first kappa shape index (κ1) is 22.7. The van der Waals surface area contributed by atoms with E-state index in [2.05, 4.69) is 58.9 Å². The first-order chi connectivity index (χ1) is 16.5. The van der Waals surface area contributed by atoms with Crippen molar-refractivity contribution in [2.75, 3.05) is 24.7 Å². The summed E-state index contributed by atoms with van der Waals surface area (Å²) in [5.74, 6) is 1.61. The van der Waals surface area contributed by atoms with Crippen LogP contribution in [0.2, 0.25) is 0 Å². The summed E-state index contributed by atoms with van der Waals surface area (Å²) in [5.41, 5.74) is 4.40. The van der Waals surface area contributed by atoms with E-state index in [9.17, 15) is 5.11 Å². The largest absolute Gasteiger partial charge is 0.393 e. The zero-order chi connectivity index (χ0) is 23.5. The van der Waals surface area contributed by atoms with Crippen LogP contribution in [0.5, 0.6) is 0 Å². The second-order valence-electron chi connectivity index (χ2n) is 9.20. The number of hydrogen-bond donors (Lipinski definition) is 3. The molecule has 0 saturated heterocycles. The Bertz CT molecular complexity index is 1270. The van der Waals surface area contributed by atoms with Crippen LogP contribution in [0.25, 0.3) is 21.3 Å². The molecule has 0 aliphatic heterocycles. The Hall–Kier alpha value is -3.07. The molecule has 3 N–H and O–H groups in total. The van der Waals surface area contributed by atoms with E-state index < -0.39 is 0 Å². The molecule has 0 radical (unpaired) electrons. The molecule has 1 aliphatic carbocycles. The summed E-state index contributed by atoms with van der Waals surface area (Å²) in [6, 6.07) is 14.8. The maximum atomic E-state index is 9.72. The smallest absolute Gasteiger partial charge is 0.189 e. The van der Waals surface area contributed by atoms with E-state index in [4.69, 9.17) is 9.97 Å². The molecule has 0 bridgehead atoms. The molecule has 3 heterocycles. The molecule has 1 fully saturated rings. The summed E-state index contributed by atoms with van der Waals surface area (Å²) in [6.07, 6.45) is 7.30. The molecule has 1 aromatic carbocycles. The summed E-state index contributed by atoms with van der Waals surface area (Å²) in [6.45, 7) is 0.862. The number of rotatable bonds is 7. The summed E-state index contributed by atoms with van der Waals surface area (Å²) in [5, 5.41) is 17.4. The Balaban J connectivity index is 1.31. The molecule has 4 aromatic rings. The lowest BCUT2D eigenvalue weighted by Crippen LogP contribution is -2.28. The summed E-state index contributed by atoms with van der Waals surface area (Å²) >= 11 is 1.62. The van der Waals surface area contributed by atoms with Gasteiger partial charge in [-0.3, -0.25) is 4.98 Å². The van der Waals surface area contributed by atoms with Crippen LogP contribution in [0.4, 0.5) is 16.8 Å². The first-order valence-electron chi connectivity index (χ1n) is 11.7. The predicted molar refractivity (Wildman–Crippen MR) is 140 cm³/mol. The van der Waals surface area contributed by atoms with Gasteiger partial charge in [-0.15, -0.1) is 0 Å². The average molecular weight is 475 g/mol. The number of aliphatic hydroxyl groups excluding tert-OH is 1. The lowest BCUT2D eigenvalue weighted by Gasteiger charge is -2.26. The van der Waals surface area contributed by atoms with Crippen molar-refractivity contribution in [1.82, 2.24) is 19.9 Å². The van der Waals surface area contributed by atoms with Gasteiger partial charge in [-0.2, -0.15) is 0 Å². The Morgan fingerprint density at radius 2 is 1.79 bits per heavy atom. The molecule has 34 heavy (non-hydrogen) atoms. The van der Waals surface area contributed by atoms with Gasteiger partial charge in [0.2, 0.25) is 0 Å². The maximum Gasteiger partial charge on any atom is 0.189 e. The Morgan fingerprint density at radius 1 is 0.971 bits per heavy atom. The van der Waals surface area contributed by atoms with E-state index in [0.717, 1.165) is 70.3 Å². The molecule has 1 saturated carbocycles. The zero-order valence-electron chi connectivity index (χ0n) is 19.5. The maximum absolute atomic E-state index is 9.72. The number of hydrogen-bond acceptors (Lipinski definition) is 8. The third-order valence-corrected chi connectivity index (χ3v) is 6.98. The molecule has 0 unspecified atom stereocenters.